The molecule has 4 heteroatoms. The number of hydrogen-bond donors (Lipinski definition) is 2. The monoisotopic (exact) mass is 257 g/mol. The van der Waals surface area contributed by atoms with Gasteiger partial charge in [0.15, 0.2) is 0 Å². The summed E-state index contributed by atoms with van der Waals surface area (Å²) in [5.41, 5.74) is 0.747. The first-order valence-corrected chi connectivity index (χ1v) is 7.09. The van der Waals surface area contributed by atoms with E-state index in [2.05, 4.69) is 18.5 Å². The number of benzene rings is 1. The summed E-state index contributed by atoms with van der Waals surface area (Å²) < 4.78 is 12.7. The predicted octanol–water partition coefficient (Wildman–Crippen LogP) is 2.59. The fourth-order valence-corrected chi connectivity index (χ4v) is 1.82. The molecule has 0 aliphatic heterocycles. The topological polar surface area (TPSA) is 32.3 Å². The third kappa shape index (κ3) is 5.52. The van der Waals surface area contributed by atoms with Crippen LogP contribution in [-0.4, -0.2) is 29.7 Å². The molecule has 0 saturated carbocycles. The summed E-state index contributed by atoms with van der Waals surface area (Å²) in [6, 6.07) is 5.97. The Hall–Kier alpha value is -0.580. The van der Waals surface area contributed by atoms with Crippen LogP contribution >= 0.6 is 11.8 Å². The molecule has 0 saturated heterocycles. The van der Waals surface area contributed by atoms with Crippen molar-refractivity contribution in [3.05, 3.63) is 35.6 Å². The van der Waals surface area contributed by atoms with Crippen LogP contribution in [-0.2, 0) is 0 Å². The molecule has 0 fully saturated rings. The molecule has 2 atom stereocenters. The molecule has 1 aromatic rings. The first-order chi connectivity index (χ1) is 8.13. The maximum atomic E-state index is 12.7. The van der Waals surface area contributed by atoms with E-state index in [1.807, 2.05) is 11.8 Å². The molecular weight excluding hydrogens is 237 g/mol. The summed E-state index contributed by atoms with van der Waals surface area (Å²) >= 11 is 1.84. The quantitative estimate of drug-likeness (QED) is 0.736. The predicted molar refractivity (Wildman–Crippen MR) is 71.8 cm³/mol. The molecule has 0 bridgehead atoms. The van der Waals surface area contributed by atoms with Crippen molar-refractivity contribution in [1.29, 1.82) is 0 Å². The number of thioether (sulfide) groups is 1. The van der Waals surface area contributed by atoms with E-state index >= 15 is 0 Å². The van der Waals surface area contributed by atoms with Crippen LogP contribution in [0, 0.1) is 5.82 Å². The Balaban J connectivity index is 2.25. The second-order valence-electron chi connectivity index (χ2n) is 4.11. The maximum Gasteiger partial charge on any atom is 0.123 e. The van der Waals surface area contributed by atoms with Gasteiger partial charge in [0.2, 0.25) is 0 Å². The van der Waals surface area contributed by atoms with Gasteiger partial charge in [-0.2, -0.15) is 11.8 Å². The van der Waals surface area contributed by atoms with E-state index in [4.69, 9.17) is 0 Å². The molecule has 96 valence electrons. The van der Waals surface area contributed by atoms with Crippen molar-refractivity contribution in [2.45, 2.75) is 24.7 Å². The third-order valence-electron chi connectivity index (χ3n) is 2.72. The SMILES string of the molecule is CSC(C)CCNCC(O)c1ccc(F)cc1. The van der Waals surface area contributed by atoms with Gasteiger partial charge in [-0.1, -0.05) is 19.1 Å². The van der Waals surface area contributed by atoms with Crippen molar-refractivity contribution in [1.82, 2.24) is 5.32 Å². The van der Waals surface area contributed by atoms with Gasteiger partial charge in [-0.3, -0.25) is 0 Å². The molecule has 2 unspecified atom stereocenters. The Morgan fingerprint density at radius 3 is 2.59 bits per heavy atom. The Labute approximate surface area is 107 Å². The molecule has 0 aromatic heterocycles. The van der Waals surface area contributed by atoms with Crippen LogP contribution in [0.25, 0.3) is 0 Å². The minimum atomic E-state index is -0.569. The molecule has 0 spiro atoms. The highest BCUT2D eigenvalue weighted by molar-refractivity contribution is 7.99. The van der Waals surface area contributed by atoms with Gasteiger partial charge in [-0.25, -0.2) is 4.39 Å². The highest BCUT2D eigenvalue weighted by Gasteiger charge is 2.07. The molecule has 0 aliphatic carbocycles. The normalized spacial score (nSPS) is 14.6. The summed E-state index contributed by atoms with van der Waals surface area (Å²) in [5, 5.41) is 13.7. The zero-order chi connectivity index (χ0) is 12.7. The van der Waals surface area contributed by atoms with Crippen molar-refractivity contribution < 1.29 is 9.50 Å². The van der Waals surface area contributed by atoms with Gasteiger partial charge in [-0.05, 0) is 36.9 Å². The van der Waals surface area contributed by atoms with Crippen molar-refractivity contribution in [3.63, 3.8) is 0 Å². The van der Waals surface area contributed by atoms with Gasteiger partial charge < -0.3 is 10.4 Å². The first kappa shape index (κ1) is 14.5. The highest BCUT2D eigenvalue weighted by atomic mass is 32.2. The summed E-state index contributed by atoms with van der Waals surface area (Å²) in [4.78, 5) is 0. The van der Waals surface area contributed by atoms with E-state index in [0.29, 0.717) is 11.8 Å². The summed E-state index contributed by atoms with van der Waals surface area (Å²) in [5.74, 6) is -0.275. The van der Waals surface area contributed by atoms with E-state index in [9.17, 15) is 9.50 Å². The third-order valence-corrected chi connectivity index (χ3v) is 3.76. The fraction of sp³-hybridized carbons (Fsp3) is 0.538. The minimum Gasteiger partial charge on any atom is -0.387 e. The van der Waals surface area contributed by atoms with E-state index in [1.165, 1.54) is 12.1 Å². The lowest BCUT2D eigenvalue weighted by Gasteiger charge is -2.13. The summed E-state index contributed by atoms with van der Waals surface area (Å²) in [6.07, 6.45) is 2.61. The number of hydrogen-bond acceptors (Lipinski definition) is 3. The average Bonchev–Trinajstić information content (AvgIpc) is 2.34. The first-order valence-electron chi connectivity index (χ1n) is 5.80. The van der Waals surface area contributed by atoms with Gasteiger partial charge >= 0.3 is 0 Å². The lowest BCUT2D eigenvalue weighted by Crippen LogP contribution is -2.24. The standard InChI is InChI=1S/C13H20FNOS/c1-10(17-2)7-8-15-9-13(16)11-3-5-12(14)6-4-11/h3-6,10,13,15-16H,7-9H2,1-2H3. The molecular formula is C13H20FNOS. The van der Waals surface area contributed by atoms with Crippen LogP contribution < -0.4 is 5.32 Å². The van der Waals surface area contributed by atoms with Crippen LogP contribution in [0.1, 0.15) is 25.0 Å². The highest BCUT2D eigenvalue weighted by Crippen LogP contribution is 2.13. The Kier molecular flexibility index (Phi) is 6.55. The van der Waals surface area contributed by atoms with Crippen LogP contribution in [0.2, 0.25) is 0 Å². The smallest absolute Gasteiger partial charge is 0.123 e. The van der Waals surface area contributed by atoms with E-state index in [-0.39, 0.29) is 5.82 Å². The van der Waals surface area contributed by atoms with Crippen LogP contribution in [0.4, 0.5) is 4.39 Å². The van der Waals surface area contributed by atoms with Gasteiger partial charge in [-0.15, -0.1) is 0 Å². The van der Waals surface area contributed by atoms with Gasteiger partial charge in [0.1, 0.15) is 5.82 Å². The molecule has 0 heterocycles. The molecule has 1 aromatic carbocycles. The van der Waals surface area contributed by atoms with Crippen LogP contribution in [0.3, 0.4) is 0 Å². The number of nitrogens with one attached hydrogen (secondary N) is 1. The second-order valence-corrected chi connectivity index (χ2v) is 5.38. The van der Waals surface area contributed by atoms with E-state index in [1.54, 1.807) is 12.1 Å². The molecule has 1 rings (SSSR count). The maximum absolute atomic E-state index is 12.7. The van der Waals surface area contributed by atoms with Crippen molar-refractivity contribution in [2.75, 3.05) is 19.3 Å². The summed E-state index contributed by atoms with van der Waals surface area (Å²) in [7, 11) is 0. The second kappa shape index (κ2) is 7.69. The van der Waals surface area contributed by atoms with Crippen molar-refractivity contribution in [2.24, 2.45) is 0 Å². The zero-order valence-corrected chi connectivity index (χ0v) is 11.1. The van der Waals surface area contributed by atoms with Gasteiger partial charge in [0, 0.05) is 11.8 Å². The molecule has 2 N–H and O–H groups in total. The number of rotatable bonds is 7. The Morgan fingerprint density at radius 2 is 2.00 bits per heavy atom. The van der Waals surface area contributed by atoms with Crippen molar-refractivity contribution >= 4 is 11.8 Å². The number of halogens is 1. The summed E-state index contributed by atoms with van der Waals surface area (Å²) in [6.45, 7) is 3.58. The lowest BCUT2D eigenvalue weighted by atomic mass is 10.1. The Morgan fingerprint density at radius 1 is 1.35 bits per heavy atom. The van der Waals surface area contributed by atoms with E-state index in [0.717, 1.165) is 18.5 Å². The molecule has 2 nitrogen and oxygen atoms in total. The molecule has 17 heavy (non-hydrogen) atoms. The minimum absolute atomic E-state index is 0.275. The average molecular weight is 257 g/mol. The van der Waals surface area contributed by atoms with E-state index < -0.39 is 6.10 Å². The van der Waals surface area contributed by atoms with Gasteiger partial charge in [0.05, 0.1) is 6.10 Å². The number of aliphatic hydroxyl groups excluding tert-OH is 1. The van der Waals surface area contributed by atoms with Crippen LogP contribution in [0.5, 0.6) is 0 Å². The van der Waals surface area contributed by atoms with Crippen molar-refractivity contribution in [3.8, 4) is 0 Å². The lowest BCUT2D eigenvalue weighted by molar-refractivity contribution is 0.174. The number of aliphatic hydroxyl groups is 1. The molecule has 0 amide bonds. The molecule has 0 aliphatic rings. The largest absolute Gasteiger partial charge is 0.387 e. The zero-order valence-electron chi connectivity index (χ0n) is 10.3. The molecule has 0 radical (unpaired) electrons. The fourth-order valence-electron chi connectivity index (χ4n) is 1.46. The van der Waals surface area contributed by atoms with Gasteiger partial charge in [0.25, 0.3) is 0 Å². The Bertz CT molecular complexity index is 318. The van der Waals surface area contributed by atoms with Crippen LogP contribution in [0.15, 0.2) is 24.3 Å².